The number of aromatic nitrogens is 1. The Morgan fingerprint density at radius 1 is 1.69 bits per heavy atom. The predicted molar refractivity (Wildman–Crippen MR) is 37.4 cm³/mol. The maximum Gasteiger partial charge on any atom is 0.303 e. The van der Waals surface area contributed by atoms with Crippen LogP contribution in [-0.4, -0.2) is 16.1 Å². The Balaban J connectivity index is 2.54. The average Bonchev–Trinajstić information content (AvgIpc) is 2.48. The van der Waals surface area contributed by atoms with Crippen molar-refractivity contribution in [3.63, 3.8) is 0 Å². The number of aryl methyl sites for hydroxylation is 1. The molecule has 13 heavy (non-hydrogen) atoms. The molecule has 72 valence electrons. The maximum atomic E-state index is 11.9. The van der Waals surface area contributed by atoms with E-state index in [1.54, 1.807) is 0 Å². The van der Waals surface area contributed by atoms with Gasteiger partial charge in [0.25, 0.3) is 6.43 Å². The second-order valence-corrected chi connectivity index (χ2v) is 2.35. The fourth-order valence-electron chi connectivity index (χ4n) is 0.755. The third kappa shape index (κ3) is 2.81. The largest absolute Gasteiger partial charge is 0.481 e. The van der Waals surface area contributed by atoms with Gasteiger partial charge in [-0.25, -0.2) is 13.8 Å². The van der Waals surface area contributed by atoms with E-state index < -0.39 is 18.2 Å². The fraction of sp³-hybridized carbons (Fsp3) is 0.429. The first-order valence-corrected chi connectivity index (χ1v) is 3.54. The molecule has 1 rings (SSSR count). The zero-order valence-electron chi connectivity index (χ0n) is 6.54. The predicted octanol–water partition coefficient (Wildman–Crippen LogP) is 1.63. The highest BCUT2D eigenvalue weighted by Gasteiger charge is 2.13. The number of halogens is 2. The summed E-state index contributed by atoms with van der Waals surface area (Å²) in [6.07, 6.45) is -1.95. The van der Waals surface area contributed by atoms with Crippen LogP contribution in [0.1, 0.15) is 24.5 Å². The Kier molecular flexibility index (Phi) is 2.94. The van der Waals surface area contributed by atoms with Crippen molar-refractivity contribution in [1.29, 1.82) is 0 Å². The normalized spacial score (nSPS) is 10.7. The Bertz CT molecular complexity index is 298. The molecule has 0 saturated carbocycles. The molecule has 1 N–H and O–H groups in total. The van der Waals surface area contributed by atoms with Crippen LogP contribution >= 0.6 is 0 Å². The number of aliphatic carboxylic acids is 1. The van der Waals surface area contributed by atoms with E-state index in [9.17, 15) is 13.6 Å². The summed E-state index contributed by atoms with van der Waals surface area (Å²) in [7, 11) is 0. The summed E-state index contributed by atoms with van der Waals surface area (Å²) in [5.74, 6) is -1.52. The van der Waals surface area contributed by atoms with Crippen LogP contribution in [0.2, 0.25) is 0 Å². The molecule has 1 aromatic rings. The summed E-state index contributed by atoms with van der Waals surface area (Å²) >= 11 is 0. The van der Waals surface area contributed by atoms with Crippen LogP contribution in [0.25, 0.3) is 0 Å². The quantitative estimate of drug-likeness (QED) is 0.785. The van der Waals surface area contributed by atoms with Crippen molar-refractivity contribution in [2.24, 2.45) is 0 Å². The number of carbonyl (C=O) groups is 1. The monoisotopic (exact) mass is 191 g/mol. The lowest BCUT2D eigenvalue weighted by atomic mass is 10.3. The van der Waals surface area contributed by atoms with Crippen LogP contribution in [0.15, 0.2) is 10.6 Å². The minimum Gasteiger partial charge on any atom is -0.481 e. The van der Waals surface area contributed by atoms with Gasteiger partial charge in [-0.1, -0.05) is 0 Å². The molecule has 0 radical (unpaired) electrons. The summed E-state index contributed by atoms with van der Waals surface area (Å²) in [6, 6.07) is 0. The molecule has 0 aliphatic rings. The van der Waals surface area contributed by atoms with Gasteiger partial charge in [0.15, 0.2) is 11.7 Å². The van der Waals surface area contributed by atoms with Gasteiger partial charge in [-0.2, -0.15) is 0 Å². The lowest BCUT2D eigenvalue weighted by molar-refractivity contribution is -0.137. The number of rotatable bonds is 4. The molecule has 1 heterocycles. The van der Waals surface area contributed by atoms with Crippen LogP contribution in [0.3, 0.4) is 0 Å². The summed E-state index contributed by atoms with van der Waals surface area (Å²) in [4.78, 5) is 13.6. The topological polar surface area (TPSA) is 63.3 Å². The van der Waals surface area contributed by atoms with Gasteiger partial charge < -0.3 is 9.52 Å². The van der Waals surface area contributed by atoms with Crippen LogP contribution in [0, 0.1) is 0 Å². The summed E-state index contributed by atoms with van der Waals surface area (Å²) < 4.78 is 28.4. The lowest BCUT2D eigenvalue weighted by Gasteiger charge is -1.91. The van der Waals surface area contributed by atoms with Gasteiger partial charge in [0, 0.05) is 6.42 Å². The van der Waals surface area contributed by atoms with Crippen LogP contribution in [0.4, 0.5) is 8.78 Å². The van der Waals surface area contributed by atoms with E-state index in [0.29, 0.717) is 0 Å². The van der Waals surface area contributed by atoms with Gasteiger partial charge in [0.1, 0.15) is 0 Å². The second kappa shape index (κ2) is 3.97. The molecular weight excluding hydrogens is 184 g/mol. The molecule has 0 aromatic carbocycles. The molecule has 0 amide bonds. The van der Waals surface area contributed by atoms with Crippen molar-refractivity contribution in [3.8, 4) is 0 Å². The number of oxazole rings is 1. The highest BCUT2D eigenvalue weighted by atomic mass is 19.3. The zero-order valence-corrected chi connectivity index (χ0v) is 6.54. The molecule has 0 atom stereocenters. The van der Waals surface area contributed by atoms with Gasteiger partial charge in [-0.3, -0.25) is 4.79 Å². The Morgan fingerprint density at radius 2 is 2.38 bits per heavy atom. The summed E-state index contributed by atoms with van der Waals surface area (Å²) in [5, 5.41) is 8.27. The van der Waals surface area contributed by atoms with E-state index in [1.165, 1.54) is 0 Å². The second-order valence-electron chi connectivity index (χ2n) is 2.35. The van der Waals surface area contributed by atoms with Crippen molar-refractivity contribution >= 4 is 5.97 Å². The molecule has 0 bridgehead atoms. The molecule has 0 unspecified atom stereocenters. The minimum absolute atomic E-state index is 0.0256. The van der Waals surface area contributed by atoms with Crippen molar-refractivity contribution < 1.29 is 23.1 Å². The number of alkyl halides is 2. The maximum absolute atomic E-state index is 11.9. The smallest absolute Gasteiger partial charge is 0.303 e. The van der Waals surface area contributed by atoms with E-state index in [0.717, 1.165) is 6.20 Å². The zero-order chi connectivity index (χ0) is 9.84. The molecule has 6 heteroatoms. The standard InChI is InChI=1S/C7H7F2NO3/c8-7(9)4-3-10-5(13-4)1-2-6(11)12/h3,7H,1-2H2,(H,11,12). The first-order chi connectivity index (χ1) is 6.09. The van der Waals surface area contributed by atoms with Gasteiger partial charge in [-0.15, -0.1) is 0 Å². The lowest BCUT2D eigenvalue weighted by Crippen LogP contribution is -1.97. The van der Waals surface area contributed by atoms with Crippen LogP contribution in [0.5, 0.6) is 0 Å². The number of carboxylic acid groups (broad SMARTS) is 1. The molecular formula is C7H7F2NO3. The van der Waals surface area contributed by atoms with E-state index >= 15 is 0 Å². The first-order valence-electron chi connectivity index (χ1n) is 3.54. The molecule has 0 spiro atoms. The highest BCUT2D eigenvalue weighted by molar-refractivity contribution is 5.66. The van der Waals surface area contributed by atoms with Gasteiger partial charge in [0.05, 0.1) is 12.6 Å². The van der Waals surface area contributed by atoms with Crippen LogP contribution < -0.4 is 0 Å². The van der Waals surface area contributed by atoms with Crippen molar-refractivity contribution in [3.05, 3.63) is 17.8 Å². The van der Waals surface area contributed by atoms with Crippen molar-refractivity contribution in [1.82, 2.24) is 4.98 Å². The van der Waals surface area contributed by atoms with Gasteiger partial charge >= 0.3 is 5.97 Å². The van der Waals surface area contributed by atoms with E-state index in [4.69, 9.17) is 5.11 Å². The molecule has 4 nitrogen and oxygen atoms in total. The van der Waals surface area contributed by atoms with E-state index in [-0.39, 0.29) is 18.7 Å². The first kappa shape index (κ1) is 9.63. The third-order valence-electron chi connectivity index (χ3n) is 1.34. The summed E-state index contributed by atoms with van der Waals surface area (Å²) in [6.45, 7) is 0. The SMILES string of the molecule is O=C(O)CCc1ncc(C(F)F)o1. The Labute approximate surface area is 72.2 Å². The molecule has 0 aliphatic carbocycles. The summed E-state index contributed by atoms with van der Waals surface area (Å²) in [5.41, 5.74) is 0. The molecule has 0 aliphatic heterocycles. The molecule has 0 saturated heterocycles. The van der Waals surface area contributed by atoms with E-state index in [1.807, 2.05) is 0 Å². The van der Waals surface area contributed by atoms with Crippen LogP contribution in [-0.2, 0) is 11.2 Å². The van der Waals surface area contributed by atoms with Gasteiger partial charge in [-0.05, 0) is 0 Å². The van der Waals surface area contributed by atoms with Crippen molar-refractivity contribution in [2.45, 2.75) is 19.3 Å². The Hall–Kier alpha value is -1.46. The van der Waals surface area contributed by atoms with Gasteiger partial charge in [0.2, 0.25) is 0 Å². The third-order valence-corrected chi connectivity index (χ3v) is 1.34. The highest BCUT2D eigenvalue weighted by Crippen LogP contribution is 2.19. The van der Waals surface area contributed by atoms with E-state index in [2.05, 4.69) is 9.40 Å². The molecule has 1 aromatic heterocycles. The average molecular weight is 191 g/mol. The van der Waals surface area contributed by atoms with Crippen molar-refractivity contribution in [2.75, 3.05) is 0 Å². The molecule has 0 fully saturated rings. The minimum atomic E-state index is -2.70. The Morgan fingerprint density at radius 3 is 2.85 bits per heavy atom. The fourth-order valence-corrected chi connectivity index (χ4v) is 0.755. The number of hydrogen-bond acceptors (Lipinski definition) is 3. The number of hydrogen-bond donors (Lipinski definition) is 1. The number of nitrogens with zero attached hydrogens (tertiary/aromatic N) is 1. The number of carboxylic acids is 1.